The summed E-state index contributed by atoms with van der Waals surface area (Å²) in [5.74, 6) is 1.10. The molecule has 0 saturated heterocycles. The van der Waals surface area contributed by atoms with Crippen molar-refractivity contribution < 1.29 is 4.52 Å². The molecule has 0 spiro atoms. The summed E-state index contributed by atoms with van der Waals surface area (Å²) in [4.78, 5) is 4.47. The number of halogens is 1. The highest BCUT2D eigenvalue weighted by molar-refractivity contribution is 9.10. The lowest BCUT2D eigenvalue weighted by Crippen LogP contribution is -2.35. The van der Waals surface area contributed by atoms with Crippen LogP contribution in [-0.2, 0) is 5.54 Å². The molecule has 2 rings (SSSR count). The van der Waals surface area contributed by atoms with Crippen molar-refractivity contribution in [2.75, 3.05) is 0 Å². The standard InChI is InChI=1S/C14H18BrN3O/c1-4-14(16,5-2)13-17-12(18-19-13)11-7-6-10(15)8-9(11)3/h6-8H,4-5,16H2,1-3H3. The van der Waals surface area contributed by atoms with Gasteiger partial charge in [-0.25, -0.2) is 0 Å². The minimum atomic E-state index is -0.533. The molecule has 2 aromatic rings. The molecule has 0 fully saturated rings. The molecule has 0 saturated carbocycles. The van der Waals surface area contributed by atoms with Gasteiger partial charge in [-0.2, -0.15) is 4.98 Å². The molecule has 102 valence electrons. The van der Waals surface area contributed by atoms with Gasteiger partial charge in [-0.3, -0.25) is 0 Å². The van der Waals surface area contributed by atoms with Gasteiger partial charge in [-0.05, 0) is 43.5 Å². The summed E-state index contributed by atoms with van der Waals surface area (Å²) in [7, 11) is 0. The van der Waals surface area contributed by atoms with Crippen molar-refractivity contribution in [1.82, 2.24) is 10.1 Å². The van der Waals surface area contributed by atoms with E-state index in [1.807, 2.05) is 39.0 Å². The molecule has 0 aliphatic rings. The van der Waals surface area contributed by atoms with Crippen LogP contribution in [0.3, 0.4) is 0 Å². The topological polar surface area (TPSA) is 64.9 Å². The summed E-state index contributed by atoms with van der Waals surface area (Å²) in [6.07, 6.45) is 1.54. The Morgan fingerprint density at radius 1 is 1.32 bits per heavy atom. The Balaban J connectivity index is 2.41. The summed E-state index contributed by atoms with van der Waals surface area (Å²) in [5, 5.41) is 4.06. The number of rotatable bonds is 4. The zero-order chi connectivity index (χ0) is 14.0. The first-order valence-corrected chi connectivity index (χ1v) is 7.19. The quantitative estimate of drug-likeness (QED) is 0.929. The molecule has 0 unspecified atom stereocenters. The van der Waals surface area contributed by atoms with Crippen molar-refractivity contribution in [2.45, 2.75) is 39.2 Å². The minimum Gasteiger partial charge on any atom is -0.337 e. The van der Waals surface area contributed by atoms with E-state index in [1.165, 1.54) is 0 Å². The summed E-state index contributed by atoms with van der Waals surface area (Å²) in [5.41, 5.74) is 7.79. The number of hydrogen-bond acceptors (Lipinski definition) is 4. The number of nitrogens with zero attached hydrogens (tertiary/aromatic N) is 2. The fourth-order valence-corrected chi connectivity index (χ4v) is 2.44. The Kier molecular flexibility index (Phi) is 4.06. The lowest BCUT2D eigenvalue weighted by molar-refractivity contribution is 0.268. The van der Waals surface area contributed by atoms with Crippen molar-refractivity contribution in [3.05, 3.63) is 34.1 Å². The van der Waals surface area contributed by atoms with E-state index in [0.717, 1.165) is 28.4 Å². The highest BCUT2D eigenvalue weighted by atomic mass is 79.9. The predicted octanol–water partition coefficient (Wildman–Crippen LogP) is 3.78. The van der Waals surface area contributed by atoms with Gasteiger partial charge in [-0.15, -0.1) is 0 Å². The molecule has 0 aliphatic carbocycles. The summed E-state index contributed by atoms with van der Waals surface area (Å²) in [6.45, 7) is 6.07. The van der Waals surface area contributed by atoms with Crippen LogP contribution in [0.4, 0.5) is 0 Å². The van der Waals surface area contributed by atoms with Crippen LogP contribution in [0.2, 0.25) is 0 Å². The molecule has 19 heavy (non-hydrogen) atoms. The van der Waals surface area contributed by atoms with E-state index < -0.39 is 5.54 Å². The fraction of sp³-hybridized carbons (Fsp3) is 0.429. The van der Waals surface area contributed by atoms with Crippen molar-refractivity contribution >= 4 is 15.9 Å². The number of aryl methyl sites for hydroxylation is 1. The van der Waals surface area contributed by atoms with E-state index in [-0.39, 0.29) is 0 Å². The zero-order valence-electron chi connectivity index (χ0n) is 11.4. The van der Waals surface area contributed by atoms with Gasteiger partial charge >= 0.3 is 0 Å². The molecular weight excluding hydrogens is 306 g/mol. The molecule has 1 heterocycles. The molecule has 0 aliphatic heterocycles. The summed E-state index contributed by atoms with van der Waals surface area (Å²) < 4.78 is 6.39. The van der Waals surface area contributed by atoms with Gasteiger partial charge in [-0.1, -0.05) is 34.9 Å². The monoisotopic (exact) mass is 323 g/mol. The van der Waals surface area contributed by atoms with Crippen LogP contribution in [0.5, 0.6) is 0 Å². The van der Waals surface area contributed by atoms with Gasteiger partial charge < -0.3 is 10.3 Å². The fourth-order valence-electron chi connectivity index (χ4n) is 1.97. The van der Waals surface area contributed by atoms with E-state index in [0.29, 0.717) is 11.7 Å². The molecule has 0 amide bonds. The van der Waals surface area contributed by atoms with Crippen molar-refractivity contribution in [3.63, 3.8) is 0 Å². The lowest BCUT2D eigenvalue weighted by Gasteiger charge is -2.20. The van der Waals surface area contributed by atoms with Crippen LogP contribution < -0.4 is 5.73 Å². The maximum absolute atomic E-state index is 6.27. The van der Waals surface area contributed by atoms with E-state index in [4.69, 9.17) is 10.3 Å². The Morgan fingerprint density at radius 3 is 2.58 bits per heavy atom. The van der Waals surface area contributed by atoms with Gasteiger partial charge in [0.05, 0.1) is 5.54 Å². The van der Waals surface area contributed by atoms with E-state index in [9.17, 15) is 0 Å². The Labute approximate surface area is 121 Å². The first-order chi connectivity index (χ1) is 9.00. The first-order valence-electron chi connectivity index (χ1n) is 6.39. The molecule has 4 nitrogen and oxygen atoms in total. The van der Waals surface area contributed by atoms with Crippen molar-refractivity contribution in [2.24, 2.45) is 5.73 Å². The largest absolute Gasteiger partial charge is 0.337 e. The molecular formula is C14H18BrN3O. The summed E-state index contributed by atoms with van der Waals surface area (Å²) in [6, 6.07) is 5.97. The average Bonchev–Trinajstić information content (AvgIpc) is 2.88. The second-order valence-electron chi connectivity index (χ2n) is 4.75. The van der Waals surface area contributed by atoms with Crippen LogP contribution in [0, 0.1) is 6.92 Å². The van der Waals surface area contributed by atoms with Crippen molar-refractivity contribution in [1.29, 1.82) is 0 Å². The SMILES string of the molecule is CCC(N)(CC)c1nc(-c2ccc(Br)cc2C)no1. The third-order valence-corrected chi connectivity index (χ3v) is 4.04. The zero-order valence-corrected chi connectivity index (χ0v) is 13.0. The molecule has 0 atom stereocenters. The highest BCUT2D eigenvalue weighted by Crippen LogP contribution is 2.28. The van der Waals surface area contributed by atoms with Gasteiger partial charge in [0.25, 0.3) is 0 Å². The number of benzene rings is 1. The van der Waals surface area contributed by atoms with E-state index in [2.05, 4.69) is 26.1 Å². The maximum atomic E-state index is 6.27. The van der Waals surface area contributed by atoms with Crippen LogP contribution in [-0.4, -0.2) is 10.1 Å². The first kappa shape index (κ1) is 14.2. The van der Waals surface area contributed by atoms with Gasteiger partial charge in [0.1, 0.15) is 0 Å². The van der Waals surface area contributed by atoms with Gasteiger partial charge in [0.2, 0.25) is 11.7 Å². The molecule has 1 aromatic carbocycles. The van der Waals surface area contributed by atoms with Crippen molar-refractivity contribution in [3.8, 4) is 11.4 Å². The van der Waals surface area contributed by atoms with E-state index in [1.54, 1.807) is 0 Å². The van der Waals surface area contributed by atoms with Crippen LogP contribution in [0.15, 0.2) is 27.2 Å². The molecule has 5 heteroatoms. The molecule has 2 N–H and O–H groups in total. The number of aromatic nitrogens is 2. The number of nitrogens with two attached hydrogens (primary N) is 1. The average molecular weight is 324 g/mol. The smallest absolute Gasteiger partial charge is 0.247 e. The van der Waals surface area contributed by atoms with Crippen LogP contribution in [0.25, 0.3) is 11.4 Å². The van der Waals surface area contributed by atoms with E-state index >= 15 is 0 Å². The lowest BCUT2D eigenvalue weighted by atomic mass is 9.94. The second-order valence-corrected chi connectivity index (χ2v) is 5.66. The Hall–Kier alpha value is -1.20. The Morgan fingerprint density at radius 2 is 2.00 bits per heavy atom. The maximum Gasteiger partial charge on any atom is 0.247 e. The normalized spacial score (nSPS) is 11.8. The summed E-state index contributed by atoms with van der Waals surface area (Å²) >= 11 is 3.44. The Bertz CT molecular complexity index is 576. The number of hydrogen-bond donors (Lipinski definition) is 1. The predicted molar refractivity (Wildman–Crippen MR) is 78.6 cm³/mol. The molecule has 0 radical (unpaired) electrons. The molecule has 1 aromatic heterocycles. The van der Waals surface area contributed by atoms with Gasteiger partial charge in [0.15, 0.2) is 0 Å². The van der Waals surface area contributed by atoms with Crippen LogP contribution in [0.1, 0.15) is 38.1 Å². The third kappa shape index (κ3) is 2.72. The second kappa shape index (κ2) is 5.43. The highest BCUT2D eigenvalue weighted by Gasteiger charge is 2.30. The van der Waals surface area contributed by atoms with Crippen LogP contribution >= 0.6 is 15.9 Å². The molecule has 0 bridgehead atoms. The third-order valence-electron chi connectivity index (χ3n) is 3.54. The minimum absolute atomic E-state index is 0.509. The van der Waals surface area contributed by atoms with Gasteiger partial charge in [0, 0.05) is 10.0 Å².